The summed E-state index contributed by atoms with van der Waals surface area (Å²) in [7, 11) is 1.55. The number of anilines is 1. The molecule has 2 bridgehead atoms. The molecule has 3 amide bonds. The first-order valence-corrected chi connectivity index (χ1v) is 11.6. The van der Waals surface area contributed by atoms with Gasteiger partial charge in [0.2, 0.25) is 11.8 Å². The number of rotatable bonds is 5. The predicted molar refractivity (Wildman–Crippen MR) is 122 cm³/mol. The molecule has 4 aliphatic carbocycles. The van der Waals surface area contributed by atoms with Crippen LogP contribution in [0.4, 0.5) is 5.69 Å². The van der Waals surface area contributed by atoms with E-state index in [-0.39, 0.29) is 48.1 Å². The first-order valence-electron chi connectivity index (χ1n) is 11.6. The highest BCUT2D eigenvalue weighted by atomic mass is 16.5. The summed E-state index contributed by atoms with van der Waals surface area (Å²) in [4.78, 5) is 43.7. The van der Waals surface area contributed by atoms with Crippen LogP contribution in [0.15, 0.2) is 60.7 Å². The summed E-state index contributed by atoms with van der Waals surface area (Å²) < 4.78 is 5.53. The monoisotopic (exact) mass is 442 g/mol. The highest BCUT2D eigenvalue weighted by Crippen LogP contribution is 2.65. The number of hydrogen-bond donors (Lipinski definition) is 0. The first-order chi connectivity index (χ1) is 16.0. The molecule has 0 aromatic heterocycles. The van der Waals surface area contributed by atoms with Crippen molar-refractivity contribution in [3.63, 3.8) is 0 Å². The van der Waals surface area contributed by atoms with Gasteiger partial charge in [-0.2, -0.15) is 0 Å². The number of benzene rings is 2. The second-order valence-corrected chi connectivity index (χ2v) is 9.62. The lowest BCUT2D eigenvalue weighted by atomic mass is 9.63. The van der Waals surface area contributed by atoms with E-state index in [2.05, 4.69) is 12.2 Å². The maximum absolute atomic E-state index is 13.8. The zero-order chi connectivity index (χ0) is 22.9. The SMILES string of the molecule is COc1ccccc1N(CN1C(=O)[C@@H]2[C@H]3C=C[C@@H]([C@@H]4C[C@@H]34)[C@@H]2C1=O)C(=O)c1ccccc1C. The van der Waals surface area contributed by atoms with Crippen LogP contribution in [0.3, 0.4) is 0 Å². The molecule has 0 N–H and O–H groups in total. The molecule has 2 aromatic carbocycles. The Kier molecular flexibility index (Phi) is 4.47. The second-order valence-electron chi connectivity index (χ2n) is 9.62. The van der Waals surface area contributed by atoms with Gasteiger partial charge in [-0.1, -0.05) is 42.5 Å². The number of imide groups is 1. The van der Waals surface area contributed by atoms with E-state index in [1.54, 1.807) is 25.3 Å². The summed E-state index contributed by atoms with van der Waals surface area (Å²) in [6.07, 6.45) is 5.44. The molecule has 168 valence electrons. The van der Waals surface area contributed by atoms with E-state index in [4.69, 9.17) is 4.74 Å². The summed E-state index contributed by atoms with van der Waals surface area (Å²) in [6.45, 7) is 1.76. The lowest BCUT2D eigenvalue weighted by Gasteiger charge is -2.37. The molecular weight excluding hydrogens is 416 g/mol. The maximum Gasteiger partial charge on any atom is 0.260 e. The summed E-state index contributed by atoms with van der Waals surface area (Å²) in [5.41, 5.74) is 1.90. The Balaban J connectivity index is 1.38. The van der Waals surface area contributed by atoms with Gasteiger partial charge in [-0.3, -0.25) is 24.2 Å². The Morgan fingerprint density at radius 1 is 0.970 bits per heavy atom. The third-order valence-electron chi connectivity index (χ3n) is 8.03. The van der Waals surface area contributed by atoms with Crippen LogP contribution >= 0.6 is 0 Å². The molecule has 33 heavy (non-hydrogen) atoms. The highest BCUT2D eigenvalue weighted by molar-refractivity contribution is 6.10. The van der Waals surface area contributed by atoms with Crippen LogP contribution in [0.25, 0.3) is 0 Å². The zero-order valence-corrected chi connectivity index (χ0v) is 18.7. The minimum absolute atomic E-state index is 0.118. The highest BCUT2D eigenvalue weighted by Gasteiger charge is 2.67. The third kappa shape index (κ3) is 2.89. The van der Waals surface area contributed by atoms with Gasteiger partial charge in [0.25, 0.3) is 5.91 Å². The van der Waals surface area contributed by atoms with Gasteiger partial charge in [0.15, 0.2) is 0 Å². The molecule has 2 aromatic rings. The third-order valence-corrected chi connectivity index (χ3v) is 8.03. The van der Waals surface area contributed by atoms with E-state index in [1.165, 1.54) is 9.80 Å². The van der Waals surface area contributed by atoms with E-state index in [0.29, 0.717) is 28.8 Å². The van der Waals surface area contributed by atoms with Gasteiger partial charge in [-0.05, 0) is 60.8 Å². The van der Waals surface area contributed by atoms with Gasteiger partial charge in [0, 0.05) is 5.56 Å². The summed E-state index contributed by atoms with van der Waals surface area (Å²) in [5, 5.41) is 0. The van der Waals surface area contributed by atoms with Crippen molar-refractivity contribution in [1.29, 1.82) is 0 Å². The van der Waals surface area contributed by atoms with Crippen LogP contribution in [0.5, 0.6) is 5.75 Å². The summed E-state index contributed by atoms with van der Waals surface area (Å²) >= 11 is 0. The van der Waals surface area contributed by atoms with E-state index < -0.39 is 0 Å². The number of aryl methyl sites for hydroxylation is 1. The van der Waals surface area contributed by atoms with Crippen molar-refractivity contribution in [2.24, 2.45) is 35.5 Å². The number of carbonyl (C=O) groups excluding carboxylic acids is 3. The average Bonchev–Trinajstić information content (AvgIpc) is 3.62. The molecule has 0 radical (unpaired) electrons. The predicted octanol–water partition coefficient (Wildman–Crippen LogP) is 3.66. The molecule has 6 nitrogen and oxygen atoms in total. The molecule has 6 heteroatoms. The molecule has 2 saturated carbocycles. The number of hydrogen-bond acceptors (Lipinski definition) is 4. The van der Waals surface area contributed by atoms with Crippen molar-refractivity contribution in [3.05, 3.63) is 71.8 Å². The minimum atomic E-state index is -0.288. The van der Waals surface area contributed by atoms with E-state index in [1.807, 2.05) is 37.3 Å². The van der Waals surface area contributed by atoms with Crippen molar-refractivity contribution >= 4 is 23.4 Å². The van der Waals surface area contributed by atoms with E-state index in [0.717, 1.165) is 12.0 Å². The molecule has 1 saturated heterocycles. The summed E-state index contributed by atoms with van der Waals surface area (Å²) in [5.74, 6) is 0.758. The molecule has 1 heterocycles. The number of para-hydroxylation sites is 2. The molecule has 1 aliphatic heterocycles. The maximum atomic E-state index is 13.8. The number of allylic oxidation sites excluding steroid dienone is 2. The Bertz CT molecular complexity index is 1170. The van der Waals surface area contributed by atoms with E-state index in [9.17, 15) is 14.4 Å². The van der Waals surface area contributed by atoms with Crippen LogP contribution in [-0.4, -0.2) is 36.4 Å². The van der Waals surface area contributed by atoms with Crippen molar-refractivity contribution in [2.45, 2.75) is 13.3 Å². The topological polar surface area (TPSA) is 66.9 Å². The van der Waals surface area contributed by atoms with Gasteiger partial charge >= 0.3 is 0 Å². The molecule has 0 unspecified atom stereocenters. The van der Waals surface area contributed by atoms with Crippen molar-refractivity contribution in [1.82, 2.24) is 4.90 Å². The Morgan fingerprint density at radius 2 is 1.58 bits per heavy atom. The van der Waals surface area contributed by atoms with E-state index >= 15 is 0 Å². The van der Waals surface area contributed by atoms with Gasteiger partial charge in [-0.15, -0.1) is 0 Å². The number of nitrogens with zero attached hydrogens (tertiary/aromatic N) is 2. The van der Waals surface area contributed by atoms with Gasteiger partial charge in [0.1, 0.15) is 12.4 Å². The molecule has 6 atom stereocenters. The quantitative estimate of drug-likeness (QED) is 0.524. The van der Waals surface area contributed by atoms with Gasteiger partial charge < -0.3 is 4.74 Å². The van der Waals surface area contributed by atoms with Gasteiger partial charge in [-0.25, -0.2) is 0 Å². The van der Waals surface area contributed by atoms with Crippen LogP contribution in [0, 0.1) is 42.4 Å². The fourth-order valence-electron chi connectivity index (χ4n) is 6.36. The minimum Gasteiger partial charge on any atom is -0.495 e. The smallest absolute Gasteiger partial charge is 0.260 e. The second kappa shape index (κ2) is 7.30. The van der Waals surface area contributed by atoms with Crippen molar-refractivity contribution in [3.8, 4) is 5.75 Å². The number of carbonyl (C=O) groups is 3. The Morgan fingerprint density at radius 3 is 2.21 bits per heavy atom. The molecule has 3 fully saturated rings. The number of likely N-dealkylation sites (tertiary alicyclic amines) is 1. The largest absolute Gasteiger partial charge is 0.495 e. The lowest BCUT2D eigenvalue weighted by Crippen LogP contribution is -2.45. The Hall–Kier alpha value is -3.41. The van der Waals surface area contributed by atoms with Crippen LogP contribution in [0.2, 0.25) is 0 Å². The van der Waals surface area contributed by atoms with Gasteiger partial charge in [0.05, 0.1) is 24.6 Å². The molecule has 7 rings (SSSR count). The number of ether oxygens (including phenoxy) is 1. The zero-order valence-electron chi connectivity index (χ0n) is 18.7. The molecule has 0 spiro atoms. The Labute approximate surface area is 192 Å². The normalized spacial score (nSPS) is 30.8. The van der Waals surface area contributed by atoms with Crippen LogP contribution in [0.1, 0.15) is 22.3 Å². The number of amides is 3. The lowest BCUT2D eigenvalue weighted by molar-refractivity contribution is -0.140. The fraction of sp³-hybridized carbons (Fsp3) is 0.370. The first kappa shape index (κ1) is 20.2. The number of methoxy groups -OCH3 is 1. The van der Waals surface area contributed by atoms with Crippen molar-refractivity contribution in [2.75, 3.05) is 18.7 Å². The van der Waals surface area contributed by atoms with Crippen molar-refractivity contribution < 1.29 is 19.1 Å². The summed E-state index contributed by atoms with van der Waals surface area (Å²) in [6, 6.07) is 14.6. The molecular formula is C27H26N2O4. The van der Waals surface area contributed by atoms with Crippen LogP contribution < -0.4 is 9.64 Å². The average molecular weight is 443 g/mol. The standard InChI is InChI=1S/C27H26N2O4/c1-15-7-3-4-8-16(15)25(30)28(21-9-5-6-10-22(21)33-2)14-29-26(31)23-17-11-12-18(20-13-19(17)20)24(23)27(29)32/h3-12,17-20,23-24H,13-14H2,1-2H3/t17-,18-,19-,20-,23-,24+/m0/s1. The molecule has 5 aliphatic rings. The van der Waals surface area contributed by atoms with Crippen LogP contribution in [-0.2, 0) is 9.59 Å². The fourth-order valence-corrected chi connectivity index (χ4v) is 6.36.